The van der Waals surface area contributed by atoms with Crippen molar-refractivity contribution in [2.45, 2.75) is 45.1 Å². The lowest BCUT2D eigenvalue weighted by atomic mass is 9.81. The number of aryl methyl sites for hydroxylation is 1. The Morgan fingerprint density at radius 3 is 2.22 bits per heavy atom. The average Bonchev–Trinajstić information content (AvgIpc) is 2.93. The monoisotopic (exact) mass is 388 g/mol. The van der Waals surface area contributed by atoms with Gasteiger partial charge in [0.2, 0.25) is 17.7 Å². The second-order valence-electron chi connectivity index (χ2n) is 7.57. The fourth-order valence-corrected chi connectivity index (χ4v) is 4.67. The summed E-state index contributed by atoms with van der Waals surface area (Å²) in [5.74, 6) is -0.179. The Morgan fingerprint density at radius 2 is 1.70 bits per heavy atom. The maximum absolute atomic E-state index is 13.3. The van der Waals surface area contributed by atoms with E-state index in [9.17, 15) is 14.4 Å². The smallest absolute Gasteiger partial charge is 0.250 e. The molecule has 3 rings (SSSR count). The maximum atomic E-state index is 13.3. The molecule has 0 aromatic heterocycles. The van der Waals surface area contributed by atoms with Gasteiger partial charge >= 0.3 is 0 Å². The molecule has 1 aliphatic heterocycles. The Balaban J connectivity index is 1.86. The van der Waals surface area contributed by atoms with Gasteiger partial charge in [-0.15, -0.1) is 0 Å². The lowest BCUT2D eigenvalue weighted by molar-refractivity contribution is -0.147. The number of hydrogen-bond donors (Lipinski definition) is 0. The van der Waals surface area contributed by atoms with Crippen molar-refractivity contribution >= 4 is 35.2 Å². The van der Waals surface area contributed by atoms with Crippen LogP contribution < -0.4 is 4.90 Å². The van der Waals surface area contributed by atoms with Gasteiger partial charge in [-0.2, -0.15) is 11.8 Å². The molecular formula is C21H28N2O3S. The molecule has 2 aliphatic rings. The maximum Gasteiger partial charge on any atom is 0.250 e. The fraction of sp³-hybridized carbons (Fsp3) is 0.571. The first-order valence-electron chi connectivity index (χ1n) is 9.65. The quantitative estimate of drug-likeness (QED) is 0.702. The van der Waals surface area contributed by atoms with Crippen molar-refractivity contribution in [2.24, 2.45) is 11.8 Å². The van der Waals surface area contributed by atoms with Crippen molar-refractivity contribution in [3.8, 4) is 0 Å². The van der Waals surface area contributed by atoms with Gasteiger partial charge in [0.1, 0.15) is 6.04 Å². The van der Waals surface area contributed by atoms with Gasteiger partial charge in [0.05, 0.1) is 11.8 Å². The van der Waals surface area contributed by atoms with Crippen molar-refractivity contribution in [3.05, 3.63) is 29.8 Å². The summed E-state index contributed by atoms with van der Waals surface area (Å²) in [5.41, 5.74) is 1.89. The zero-order valence-electron chi connectivity index (χ0n) is 16.3. The van der Waals surface area contributed by atoms with Crippen LogP contribution in [0, 0.1) is 18.8 Å². The van der Waals surface area contributed by atoms with Crippen molar-refractivity contribution in [2.75, 3.05) is 24.0 Å². The van der Waals surface area contributed by atoms with Crippen LogP contribution in [-0.4, -0.2) is 47.7 Å². The van der Waals surface area contributed by atoms with Crippen molar-refractivity contribution < 1.29 is 14.4 Å². The molecule has 146 valence electrons. The molecule has 2 fully saturated rings. The van der Waals surface area contributed by atoms with Crippen molar-refractivity contribution in [1.29, 1.82) is 0 Å². The highest BCUT2D eigenvalue weighted by molar-refractivity contribution is 7.98. The van der Waals surface area contributed by atoms with E-state index < -0.39 is 6.04 Å². The number of thioether (sulfide) groups is 1. The van der Waals surface area contributed by atoms with Crippen LogP contribution in [0.3, 0.4) is 0 Å². The number of amides is 3. The number of likely N-dealkylation sites (N-methyl/N-ethyl adjacent to an activating group) is 1. The Labute approximate surface area is 165 Å². The minimum Gasteiger partial charge on any atom is -0.314 e. The molecule has 27 heavy (non-hydrogen) atoms. The number of imide groups is 1. The van der Waals surface area contributed by atoms with E-state index in [0.29, 0.717) is 6.42 Å². The van der Waals surface area contributed by atoms with Crippen LogP contribution in [-0.2, 0) is 14.4 Å². The summed E-state index contributed by atoms with van der Waals surface area (Å²) in [4.78, 5) is 42.2. The molecule has 1 saturated heterocycles. The number of rotatable bonds is 6. The number of hydrogen-bond acceptors (Lipinski definition) is 4. The third-order valence-electron chi connectivity index (χ3n) is 5.82. The summed E-state index contributed by atoms with van der Waals surface area (Å²) in [6.07, 6.45) is 5.97. The first-order chi connectivity index (χ1) is 13.0. The van der Waals surface area contributed by atoms with Crippen LogP contribution in [0.1, 0.15) is 37.7 Å². The molecule has 0 N–H and O–H groups in total. The van der Waals surface area contributed by atoms with Crippen molar-refractivity contribution in [1.82, 2.24) is 4.90 Å². The summed E-state index contributed by atoms with van der Waals surface area (Å²) in [6, 6.07) is 6.99. The number of carbonyl (C=O) groups excluding carboxylic acids is 3. The summed E-state index contributed by atoms with van der Waals surface area (Å²) in [5, 5.41) is 0. The molecule has 3 amide bonds. The number of anilines is 1. The fourth-order valence-electron chi connectivity index (χ4n) is 4.21. The van der Waals surface area contributed by atoms with Gasteiger partial charge in [-0.1, -0.05) is 30.5 Å². The van der Waals surface area contributed by atoms with Crippen LogP contribution in [0.15, 0.2) is 24.3 Å². The largest absolute Gasteiger partial charge is 0.314 e. The minimum absolute atomic E-state index is 0.138. The topological polar surface area (TPSA) is 57.7 Å². The van der Waals surface area contributed by atoms with E-state index in [2.05, 4.69) is 0 Å². The third-order valence-corrected chi connectivity index (χ3v) is 6.46. The molecule has 1 heterocycles. The molecule has 0 bridgehead atoms. The Hall–Kier alpha value is -1.82. The summed E-state index contributed by atoms with van der Waals surface area (Å²) >= 11 is 1.62. The SMILES string of the molecule is CSCCC(C(=O)N(C)c1ccc(C)cc1)N1C(=O)C2CCCCC2C1=O. The minimum atomic E-state index is -0.714. The predicted octanol–water partition coefficient (Wildman–Crippen LogP) is 3.25. The number of carbonyl (C=O) groups is 3. The van der Waals surface area contributed by atoms with Gasteiger partial charge in [0.25, 0.3) is 0 Å². The molecule has 3 atom stereocenters. The molecule has 1 saturated carbocycles. The number of benzene rings is 1. The van der Waals surface area contributed by atoms with Crippen LogP contribution >= 0.6 is 11.8 Å². The van der Waals surface area contributed by atoms with E-state index in [0.717, 1.165) is 42.7 Å². The van der Waals surface area contributed by atoms with E-state index >= 15 is 0 Å². The first-order valence-corrected chi connectivity index (χ1v) is 11.0. The molecule has 1 aliphatic carbocycles. The summed E-state index contributed by atoms with van der Waals surface area (Å²) in [7, 11) is 1.72. The lowest BCUT2D eigenvalue weighted by Gasteiger charge is -2.30. The van der Waals surface area contributed by atoms with E-state index in [-0.39, 0.29) is 29.6 Å². The van der Waals surface area contributed by atoms with Gasteiger partial charge < -0.3 is 4.90 Å². The summed E-state index contributed by atoms with van der Waals surface area (Å²) in [6.45, 7) is 2.00. The lowest BCUT2D eigenvalue weighted by Crippen LogP contribution is -2.51. The molecule has 1 aromatic rings. The van der Waals surface area contributed by atoms with Gasteiger partial charge in [-0.3, -0.25) is 19.3 Å². The second-order valence-corrected chi connectivity index (χ2v) is 8.56. The number of likely N-dealkylation sites (tertiary alicyclic amines) is 1. The first kappa shape index (κ1) is 19.9. The Morgan fingerprint density at radius 1 is 1.15 bits per heavy atom. The molecule has 1 aromatic carbocycles. The Bertz CT molecular complexity index is 695. The zero-order chi connectivity index (χ0) is 19.6. The zero-order valence-corrected chi connectivity index (χ0v) is 17.1. The number of fused-ring (bicyclic) bond motifs is 1. The van der Waals surface area contributed by atoms with Crippen LogP contribution in [0.25, 0.3) is 0 Å². The molecule has 3 unspecified atom stereocenters. The van der Waals surface area contributed by atoms with Gasteiger partial charge in [-0.25, -0.2) is 0 Å². The predicted molar refractivity (Wildman–Crippen MR) is 109 cm³/mol. The van der Waals surface area contributed by atoms with Crippen molar-refractivity contribution in [3.63, 3.8) is 0 Å². The van der Waals surface area contributed by atoms with E-state index in [1.165, 1.54) is 4.90 Å². The highest BCUT2D eigenvalue weighted by atomic mass is 32.2. The number of nitrogens with zero attached hydrogens (tertiary/aromatic N) is 2. The summed E-state index contributed by atoms with van der Waals surface area (Å²) < 4.78 is 0. The third kappa shape index (κ3) is 3.91. The highest BCUT2D eigenvalue weighted by Gasteiger charge is 2.52. The van der Waals surface area contributed by atoms with E-state index in [1.54, 1.807) is 23.7 Å². The highest BCUT2D eigenvalue weighted by Crippen LogP contribution is 2.39. The standard InChI is InChI=1S/C21H28N2O3S/c1-14-8-10-15(11-9-14)22(2)21(26)18(12-13-27-3)23-19(24)16-6-4-5-7-17(16)20(23)25/h8-11,16-18H,4-7,12-13H2,1-3H3. The average molecular weight is 389 g/mol. The molecule has 5 nitrogen and oxygen atoms in total. The molecular weight excluding hydrogens is 360 g/mol. The van der Waals surface area contributed by atoms with Gasteiger partial charge in [0.15, 0.2) is 0 Å². The van der Waals surface area contributed by atoms with Gasteiger partial charge in [0, 0.05) is 12.7 Å². The second kappa shape index (κ2) is 8.46. The molecule has 0 radical (unpaired) electrons. The van der Waals surface area contributed by atoms with E-state index in [1.807, 2.05) is 37.4 Å². The van der Waals surface area contributed by atoms with Gasteiger partial charge in [-0.05, 0) is 50.3 Å². The van der Waals surface area contributed by atoms with Crippen LogP contribution in [0.5, 0.6) is 0 Å². The van der Waals surface area contributed by atoms with Crippen LogP contribution in [0.4, 0.5) is 5.69 Å². The Kier molecular flexibility index (Phi) is 6.25. The molecule has 6 heteroatoms. The van der Waals surface area contributed by atoms with Crippen LogP contribution in [0.2, 0.25) is 0 Å². The molecule has 0 spiro atoms. The normalized spacial score (nSPS) is 23.3. The van der Waals surface area contributed by atoms with E-state index in [4.69, 9.17) is 0 Å².